The summed E-state index contributed by atoms with van der Waals surface area (Å²) in [5.41, 5.74) is 1.01. The van der Waals surface area contributed by atoms with Gasteiger partial charge in [-0.25, -0.2) is 0 Å². The number of carbonyl (C=O) groups is 1. The van der Waals surface area contributed by atoms with Crippen LogP contribution in [0.3, 0.4) is 0 Å². The molecule has 6 heteroatoms. The van der Waals surface area contributed by atoms with Crippen LogP contribution in [0.2, 0.25) is 15.1 Å². The van der Waals surface area contributed by atoms with Gasteiger partial charge in [-0.15, -0.1) is 0 Å². The second-order valence-electron chi connectivity index (χ2n) is 7.95. The van der Waals surface area contributed by atoms with Gasteiger partial charge >= 0.3 is 0 Å². The molecule has 0 aromatic heterocycles. The molecule has 2 aromatic rings. The van der Waals surface area contributed by atoms with E-state index in [2.05, 4.69) is 4.90 Å². The molecule has 162 valence electrons. The van der Waals surface area contributed by atoms with Crippen molar-refractivity contribution < 1.29 is 4.79 Å². The van der Waals surface area contributed by atoms with Crippen LogP contribution in [0.25, 0.3) is 0 Å². The molecule has 3 nitrogen and oxygen atoms in total. The highest BCUT2D eigenvalue weighted by atomic mass is 35.5. The van der Waals surface area contributed by atoms with Crippen LogP contribution < -0.4 is 4.90 Å². The second kappa shape index (κ2) is 11.8. The molecule has 0 N–H and O–H groups in total. The van der Waals surface area contributed by atoms with Crippen LogP contribution in [0.1, 0.15) is 38.5 Å². The largest absolute Gasteiger partial charge is 0.367 e. The maximum atomic E-state index is 12.4. The highest BCUT2D eigenvalue weighted by molar-refractivity contribution is 6.36. The predicted octanol–water partition coefficient (Wildman–Crippen LogP) is 6.95. The number of hydrogen-bond acceptors (Lipinski definition) is 2. The topological polar surface area (TPSA) is 23.6 Å². The summed E-state index contributed by atoms with van der Waals surface area (Å²) in [6.45, 7) is 3.22. The van der Waals surface area contributed by atoms with E-state index in [-0.39, 0.29) is 0 Å². The number of anilines is 1. The molecule has 30 heavy (non-hydrogen) atoms. The number of halogens is 3. The van der Waals surface area contributed by atoms with Gasteiger partial charge in [0.2, 0.25) is 5.91 Å². The lowest BCUT2D eigenvalue weighted by atomic mass is 10.0. The van der Waals surface area contributed by atoms with Crippen molar-refractivity contribution in [3.8, 4) is 0 Å². The number of carbonyl (C=O) groups excluding carboxylic acids is 1. The van der Waals surface area contributed by atoms with Crippen molar-refractivity contribution in [3.63, 3.8) is 0 Å². The van der Waals surface area contributed by atoms with Crippen molar-refractivity contribution in [2.45, 2.75) is 38.5 Å². The minimum atomic E-state index is 0.318. The van der Waals surface area contributed by atoms with Crippen LogP contribution >= 0.6 is 34.8 Å². The molecule has 2 fully saturated rings. The number of nitrogens with zero attached hydrogens (tertiary/aromatic N) is 2. The molecule has 1 aliphatic carbocycles. The maximum Gasteiger partial charge on any atom is 0.222 e. The normalized spacial score (nSPS) is 16.9. The maximum absolute atomic E-state index is 12.4. The van der Waals surface area contributed by atoms with E-state index in [0.717, 1.165) is 49.2 Å². The van der Waals surface area contributed by atoms with Crippen LogP contribution in [-0.2, 0) is 4.79 Å². The summed E-state index contributed by atoms with van der Waals surface area (Å²) in [6, 6.07) is 15.0. The molecule has 2 aliphatic rings. The van der Waals surface area contributed by atoms with Crippen LogP contribution in [0, 0.1) is 5.92 Å². The Morgan fingerprint density at radius 2 is 1.53 bits per heavy atom. The molecule has 1 aliphatic heterocycles. The number of piperazine rings is 1. The van der Waals surface area contributed by atoms with Crippen LogP contribution in [-0.4, -0.2) is 37.0 Å². The highest BCUT2D eigenvalue weighted by Crippen LogP contribution is 2.30. The van der Waals surface area contributed by atoms with E-state index in [1.54, 1.807) is 6.07 Å². The first kappa shape index (κ1) is 23.2. The third-order valence-corrected chi connectivity index (χ3v) is 6.65. The Kier molecular flexibility index (Phi) is 9.17. The Morgan fingerprint density at radius 3 is 2.10 bits per heavy atom. The summed E-state index contributed by atoms with van der Waals surface area (Å²) in [7, 11) is 0. The fraction of sp³-hybridized carbons (Fsp3) is 0.458. The molecular formula is C24H29Cl3N2O. The van der Waals surface area contributed by atoms with Gasteiger partial charge in [0, 0.05) is 42.6 Å². The summed E-state index contributed by atoms with van der Waals surface area (Å²) >= 11 is 17.8. The van der Waals surface area contributed by atoms with Crippen molar-refractivity contribution in [1.82, 2.24) is 4.90 Å². The average molecular weight is 468 g/mol. The van der Waals surface area contributed by atoms with Crippen LogP contribution in [0.4, 0.5) is 5.69 Å². The lowest BCUT2D eigenvalue weighted by Gasteiger charge is -2.36. The fourth-order valence-corrected chi connectivity index (χ4v) is 4.81. The number of amides is 1. The van der Waals surface area contributed by atoms with Gasteiger partial charge in [0.15, 0.2) is 0 Å². The summed E-state index contributed by atoms with van der Waals surface area (Å²) < 4.78 is 0. The molecule has 0 radical (unpaired) electrons. The third kappa shape index (κ3) is 7.08. The lowest BCUT2D eigenvalue weighted by Crippen LogP contribution is -2.48. The Hall–Kier alpha value is -1.42. The summed E-state index contributed by atoms with van der Waals surface area (Å²) in [6.07, 6.45) is 7.11. The standard InChI is InChI=1S/C18H24Cl2N2O.C6H5Cl/c19-15-6-7-17(16(20)13-15)21-9-11-22(12-10-21)18(23)8-5-14-3-1-2-4-14;7-6-4-2-1-3-5-6/h6-7,13-14H,1-5,8-12H2;1-5H. The van der Waals surface area contributed by atoms with Crippen molar-refractivity contribution in [2.24, 2.45) is 5.92 Å². The zero-order chi connectivity index (χ0) is 21.3. The Morgan fingerprint density at radius 1 is 0.867 bits per heavy atom. The first-order valence-electron chi connectivity index (χ1n) is 10.7. The fourth-order valence-electron chi connectivity index (χ4n) is 4.13. The van der Waals surface area contributed by atoms with E-state index in [9.17, 15) is 4.79 Å². The SMILES string of the molecule is Clc1ccccc1.O=C(CCC1CCCC1)N1CCN(c2ccc(Cl)cc2Cl)CC1. The van der Waals surface area contributed by atoms with Crippen LogP contribution in [0.15, 0.2) is 48.5 Å². The molecule has 4 rings (SSSR count). The molecule has 2 aromatic carbocycles. The van der Waals surface area contributed by atoms with E-state index in [0.29, 0.717) is 22.4 Å². The van der Waals surface area contributed by atoms with Crippen molar-refractivity contribution >= 4 is 46.4 Å². The Labute approximate surface area is 194 Å². The first-order valence-corrected chi connectivity index (χ1v) is 11.8. The lowest BCUT2D eigenvalue weighted by molar-refractivity contribution is -0.131. The molecule has 1 heterocycles. The minimum absolute atomic E-state index is 0.318. The highest BCUT2D eigenvalue weighted by Gasteiger charge is 2.23. The molecule has 0 spiro atoms. The van der Waals surface area contributed by atoms with Gasteiger partial charge in [0.1, 0.15) is 0 Å². The molecule has 1 saturated heterocycles. The Balaban J connectivity index is 0.000000310. The Bertz CT molecular complexity index is 801. The van der Waals surface area contributed by atoms with Crippen molar-refractivity contribution in [2.75, 3.05) is 31.1 Å². The molecule has 0 atom stereocenters. The smallest absolute Gasteiger partial charge is 0.222 e. The summed E-state index contributed by atoms with van der Waals surface area (Å²) in [5.74, 6) is 1.10. The first-order chi connectivity index (χ1) is 14.5. The van der Waals surface area contributed by atoms with Gasteiger partial charge in [0.25, 0.3) is 0 Å². The van der Waals surface area contributed by atoms with E-state index in [4.69, 9.17) is 34.8 Å². The average Bonchev–Trinajstić information content (AvgIpc) is 3.27. The number of benzene rings is 2. The zero-order valence-electron chi connectivity index (χ0n) is 17.2. The minimum Gasteiger partial charge on any atom is -0.367 e. The molecule has 1 amide bonds. The van der Waals surface area contributed by atoms with Crippen LogP contribution in [0.5, 0.6) is 0 Å². The zero-order valence-corrected chi connectivity index (χ0v) is 19.5. The summed E-state index contributed by atoms with van der Waals surface area (Å²) in [5, 5.41) is 2.13. The van der Waals surface area contributed by atoms with Gasteiger partial charge in [0.05, 0.1) is 10.7 Å². The van der Waals surface area contributed by atoms with Gasteiger partial charge < -0.3 is 9.80 Å². The van der Waals surface area contributed by atoms with Gasteiger partial charge in [-0.3, -0.25) is 4.79 Å². The molecule has 0 unspecified atom stereocenters. The summed E-state index contributed by atoms with van der Waals surface area (Å²) in [4.78, 5) is 16.6. The molecule has 1 saturated carbocycles. The van der Waals surface area contributed by atoms with E-state index in [1.807, 2.05) is 47.4 Å². The van der Waals surface area contributed by atoms with Gasteiger partial charge in [-0.2, -0.15) is 0 Å². The van der Waals surface area contributed by atoms with E-state index >= 15 is 0 Å². The van der Waals surface area contributed by atoms with Crippen molar-refractivity contribution in [3.05, 3.63) is 63.6 Å². The predicted molar refractivity (Wildman–Crippen MR) is 128 cm³/mol. The van der Waals surface area contributed by atoms with E-state index < -0.39 is 0 Å². The monoisotopic (exact) mass is 466 g/mol. The number of rotatable bonds is 4. The molecule has 0 bridgehead atoms. The molecular weight excluding hydrogens is 439 g/mol. The number of hydrogen-bond donors (Lipinski definition) is 0. The van der Waals surface area contributed by atoms with Crippen molar-refractivity contribution in [1.29, 1.82) is 0 Å². The van der Waals surface area contributed by atoms with Gasteiger partial charge in [-0.05, 0) is 42.7 Å². The van der Waals surface area contributed by atoms with Gasteiger partial charge in [-0.1, -0.05) is 78.7 Å². The third-order valence-electron chi connectivity index (χ3n) is 5.86. The van der Waals surface area contributed by atoms with E-state index in [1.165, 1.54) is 25.7 Å². The second-order valence-corrected chi connectivity index (χ2v) is 9.23. The quantitative estimate of drug-likeness (QED) is 0.485.